The summed E-state index contributed by atoms with van der Waals surface area (Å²) in [5.74, 6) is 1.46. The fourth-order valence-corrected chi connectivity index (χ4v) is 6.38. The molecule has 3 aromatic rings. The minimum atomic E-state index is -1.03. The Balaban J connectivity index is 1.38. The molecule has 2 aliphatic rings. The highest BCUT2D eigenvalue weighted by Crippen LogP contribution is 2.38. The summed E-state index contributed by atoms with van der Waals surface area (Å²) in [4.78, 5) is 0. The Kier molecular flexibility index (Phi) is 11.8. The van der Waals surface area contributed by atoms with Crippen LogP contribution < -0.4 is 0 Å². The summed E-state index contributed by atoms with van der Waals surface area (Å²) in [5.41, 5.74) is 3.15. The molecule has 1 heterocycles. The molecule has 2 fully saturated rings. The number of benzene rings is 3. The van der Waals surface area contributed by atoms with Gasteiger partial charge in [-0.1, -0.05) is 118 Å². The third-order valence-corrected chi connectivity index (χ3v) is 8.85. The number of rotatable bonds is 13. The van der Waals surface area contributed by atoms with Crippen LogP contribution in [0.25, 0.3) is 0 Å². The van der Waals surface area contributed by atoms with Crippen LogP contribution in [-0.2, 0) is 43.5 Å². The maximum Gasteiger partial charge on any atom is 0.186 e. The van der Waals surface area contributed by atoms with E-state index in [4.69, 9.17) is 23.7 Å². The lowest BCUT2D eigenvalue weighted by atomic mass is 9.75. The zero-order valence-electron chi connectivity index (χ0n) is 25.8. The molecule has 0 unspecified atom stereocenters. The highest BCUT2D eigenvalue weighted by Gasteiger charge is 2.49. The van der Waals surface area contributed by atoms with Gasteiger partial charge in [0.2, 0.25) is 0 Å². The van der Waals surface area contributed by atoms with E-state index in [1.54, 1.807) is 0 Å². The lowest BCUT2D eigenvalue weighted by Crippen LogP contribution is -2.62. The van der Waals surface area contributed by atoms with Gasteiger partial charge in [-0.05, 0) is 47.3 Å². The van der Waals surface area contributed by atoms with Crippen molar-refractivity contribution in [2.75, 3.05) is 6.61 Å². The van der Waals surface area contributed by atoms with E-state index in [0.29, 0.717) is 37.6 Å². The summed E-state index contributed by atoms with van der Waals surface area (Å²) in [7, 11) is 0. The molecule has 0 amide bonds. The first-order chi connectivity index (χ1) is 21.0. The number of aliphatic hydroxyl groups excluding tert-OH is 1. The number of aliphatic hydroxyl groups is 1. The average molecular weight is 589 g/mol. The second kappa shape index (κ2) is 15.9. The zero-order valence-corrected chi connectivity index (χ0v) is 25.8. The normalized spacial score (nSPS) is 29.5. The monoisotopic (exact) mass is 588 g/mol. The standard InChI is InChI=1S/C37H48O6/c1-26(2)31-20-19-27(3)21-32(31)42-37-34(38)36(41-24-30-17-11-6-12-18-30)35(40-23-29-15-9-5-10-16-29)33(43-37)25-39-22-28-13-7-4-8-14-28/h4-18,26-27,31-38H,19-25H2,1-3H3/t27-,31+,32-,33+,34-,35+,36+,37+/m0/s1. The van der Waals surface area contributed by atoms with Gasteiger partial charge in [-0.15, -0.1) is 0 Å². The lowest BCUT2D eigenvalue weighted by molar-refractivity contribution is -0.333. The van der Waals surface area contributed by atoms with Gasteiger partial charge in [0.05, 0.1) is 32.5 Å². The van der Waals surface area contributed by atoms with Crippen molar-refractivity contribution < 1.29 is 28.8 Å². The maximum absolute atomic E-state index is 11.8. The van der Waals surface area contributed by atoms with E-state index in [9.17, 15) is 5.11 Å². The fourth-order valence-electron chi connectivity index (χ4n) is 6.38. The number of hydrogen-bond acceptors (Lipinski definition) is 6. The summed E-state index contributed by atoms with van der Waals surface area (Å²) in [6.45, 7) is 8.23. The number of ether oxygens (including phenoxy) is 5. The van der Waals surface area contributed by atoms with Gasteiger partial charge >= 0.3 is 0 Å². The number of hydrogen-bond donors (Lipinski definition) is 1. The van der Waals surface area contributed by atoms with Crippen molar-refractivity contribution in [1.82, 2.24) is 0 Å². The molecular weight excluding hydrogens is 540 g/mol. The summed E-state index contributed by atoms with van der Waals surface area (Å²) in [6, 6.07) is 30.2. The molecule has 232 valence electrons. The Labute approximate surface area is 257 Å². The smallest absolute Gasteiger partial charge is 0.186 e. The minimum absolute atomic E-state index is 0.00541. The second-order valence-electron chi connectivity index (χ2n) is 12.6. The Bertz CT molecular complexity index is 1190. The van der Waals surface area contributed by atoms with Gasteiger partial charge in [-0.3, -0.25) is 0 Å². The van der Waals surface area contributed by atoms with E-state index in [1.807, 2.05) is 91.0 Å². The fraction of sp³-hybridized carbons (Fsp3) is 0.514. The molecule has 1 N–H and O–H groups in total. The molecule has 3 aromatic carbocycles. The molecule has 1 saturated heterocycles. The van der Waals surface area contributed by atoms with Crippen molar-refractivity contribution in [3.8, 4) is 0 Å². The van der Waals surface area contributed by atoms with Crippen molar-refractivity contribution in [3.05, 3.63) is 108 Å². The van der Waals surface area contributed by atoms with E-state index < -0.39 is 30.7 Å². The van der Waals surface area contributed by atoms with Gasteiger partial charge in [0.15, 0.2) is 6.29 Å². The van der Waals surface area contributed by atoms with Crippen molar-refractivity contribution in [1.29, 1.82) is 0 Å². The molecule has 1 saturated carbocycles. The summed E-state index contributed by atoms with van der Waals surface area (Å²) >= 11 is 0. The largest absolute Gasteiger partial charge is 0.385 e. The quantitative estimate of drug-likeness (QED) is 0.233. The van der Waals surface area contributed by atoms with Gasteiger partial charge in [0.25, 0.3) is 0 Å². The van der Waals surface area contributed by atoms with Crippen molar-refractivity contribution in [2.24, 2.45) is 17.8 Å². The maximum atomic E-state index is 11.8. The SMILES string of the molecule is CC(C)[C@H]1CC[C@H](C)C[C@@H]1O[C@@H]1O[C@H](COCc2ccccc2)[C@@H](OCc2ccccc2)[C@H](OCc2ccccc2)[C@@H]1O. The Hall–Kier alpha value is -2.58. The first-order valence-electron chi connectivity index (χ1n) is 15.9. The predicted molar refractivity (Wildman–Crippen MR) is 167 cm³/mol. The minimum Gasteiger partial charge on any atom is -0.385 e. The Morgan fingerprint density at radius 1 is 0.744 bits per heavy atom. The van der Waals surface area contributed by atoms with Crippen LogP contribution in [-0.4, -0.2) is 48.5 Å². The van der Waals surface area contributed by atoms with Crippen LogP contribution in [0.5, 0.6) is 0 Å². The highest BCUT2D eigenvalue weighted by molar-refractivity contribution is 5.15. The van der Waals surface area contributed by atoms with Crippen molar-refractivity contribution >= 4 is 0 Å². The predicted octanol–water partition coefficient (Wildman–Crippen LogP) is 6.94. The lowest BCUT2D eigenvalue weighted by Gasteiger charge is -2.47. The summed E-state index contributed by atoms with van der Waals surface area (Å²) in [6.07, 6.45) is -0.344. The molecular formula is C37H48O6. The van der Waals surface area contributed by atoms with Crippen LogP contribution in [0.4, 0.5) is 0 Å². The van der Waals surface area contributed by atoms with Crippen LogP contribution in [0, 0.1) is 17.8 Å². The van der Waals surface area contributed by atoms with Gasteiger partial charge < -0.3 is 28.8 Å². The van der Waals surface area contributed by atoms with E-state index in [1.165, 1.54) is 6.42 Å². The molecule has 0 radical (unpaired) electrons. The summed E-state index contributed by atoms with van der Waals surface area (Å²) < 4.78 is 32.5. The molecule has 6 nitrogen and oxygen atoms in total. The topological polar surface area (TPSA) is 66.4 Å². The van der Waals surface area contributed by atoms with Gasteiger partial charge in [-0.25, -0.2) is 0 Å². The van der Waals surface area contributed by atoms with Crippen LogP contribution in [0.3, 0.4) is 0 Å². The van der Waals surface area contributed by atoms with E-state index in [-0.39, 0.29) is 12.7 Å². The first-order valence-corrected chi connectivity index (χ1v) is 15.9. The Morgan fingerprint density at radius 2 is 1.28 bits per heavy atom. The third kappa shape index (κ3) is 8.98. The van der Waals surface area contributed by atoms with Gasteiger partial charge in [-0.2, -0.15) is 0 Å². The summed E-state index contributed by atoms with van der Waals surface area (Å²) in [5, 5.41) is 11.8. The molecule has 43 heavy (non-hydrogen) atoms. The average Bonchev–Trinajstić information content (AvgIpc) is 3.02. The van der Waals surface area contributed by atoms with Crippen molar-refractivity contribution in [3.63, 3.8) is 0 Å². The first kappa shape index (κ1) is 31.8. The zero-order chi connectivity index (χ0) is 30.0. The van der Waals surface area contributed by atoms with Crippen LogP contribution in [0.2, 0.25) is 0 Å². The molecule has 0 bridgehead atoms. The molecule has 0 spiro atoms. The Morgan fingerprint density at radius 3 is 1.84 bits per heavy atom. The molecule has 0 aromatic heterocycles. The molecule has 1 aliphatic carbocycles. The second-order valence-corrected chi connectivity index (χ2v) is 12.6. The van der Waals surface area contributed by atoms with Gasteiger partial charge in [0.1, 0.15) is 24.4 Å². The van der Waals surface area contributed by atoms with E-state index in [2.05, 4.69) is 20.8 Å². The van der Waals surface area contributed by atoms with Gasteiger partial charge in [0, 0.05) is 0 Å². The highest BCUT2D eigenvalue weighted by atomic mass is 16.7. The van der Waals surface area contributed by atoms with E-state index >= 15 is 0 Å². The third-order valence-electron chi connectivity index (χ3n) is 8.85. The molecule has 1 aliphatic heterocycles. The van der Waals surface area contributed by atoms with E-state index in [0.717, 1.165) is 29.5 Å². The molecule has 8 atom stereocenters. The van der Waals surface area contributed by atoms with Crippen LogP contribution in [0.1, 0.15) is 56.7 Å². The molecule has 5 rings (SSSR count). The van der Waals surface area contributed by atoms with Crippen LogP contribution in [0.15, 0.2) is 91.0 Å². The van der Waals surface area contributed by atoms with Crippen molar-refractivity contribution in [2.45, 2.75) is 96.7 Å². The van der Waals surface area contributed by atoms with Crippen LogP contribution >= 0.6 is 0 Å². The molecule has 6 heteroatoms.